The molecule has 1 unspecified atom stereocenters. The second-order valence-electron chi connectivity index (χ2n) is 21.5. The first-order chi connectivity index (χ1) is 40.6. The molecule has 0 aliphatic heterocycles. The second kappa shape index (κ2) is 18.3. The highest BCUT2D eigenvalue weighted by Gasteiger charge is 2.22. The number of fused-ring (bicyclic) bond motifs is 12. The van der Waals surface area contributed by atoms with E-state index in [-0.39, 0.29) is 5.92 Å². The number of hydrogen-bond acceptors (Lipinski definition) is 6. The first-order valence-electron chi connectivity index (χ1n) is 27.7. The Hall–Kier alpha value is -11.0. The van der Waals surface area contributed by atoms with Gasteiger partial charge in [0.1, 0.15) is 22.3 Å². The minimum atomic E-state index is 0.171. The molecule has 384 valence electrons. The topological polar surface area (TPSA) is 87.7 Å². The highest BCUT2D eigenvalue weighted by atomic mass is 16.3. The Morgan fingerprint density at radius 1 is 0.329 bits per heavy atom. The highest BCUT2D eigenvalue weighted by Crippen LogP contribution is 2.43. The van der Waals surface area contributed by atoms with Crippen LogP contribution in [0, 0.1) is 0 Å². The van der Waals surface area contributed by atoms with E-state index in [0.29, 0.717) is 0 Å². The van der Waals surface area contributed by atoms with Gasteiger partial charge < -0.3 is 18.0 Å². The number of aromatic nitrogens is 6. The van der Waals surface area contributed by atoms with E-state index in [1.54, 1.807) is 12.4 Å². The van der Waals surface area contributed by atoms with Gasteiger partial charge in [0.05, 0.1) is 22.1 Å². The molecule has 82 heavy (non-hydrogen) atoms. The molecule has 0 radical (unpaired) electrons. The van der Waals surface area contributed by atoms with Gasteiger partial charge in [-0.15, -0.1) is 0 Å². The molecule has 0 saturated heterocycles. The molecule has 0 spiro atoms. The normalized spacial score (nSPS) is 13.7. The Kier molecular flexibility index (Phi) is 10.3. The smallest absolute Gasteiger partial charge is 0.135 e. The minimum absolute atomic E-state index is 0.171. The Morgan fingerprint density at radius 3 is 1.33 bits per heavy atom. The molecule has 0 amide bonds. The van der Waals surface area contributed by atoms with E-state index < -0.39 is 0 Å². The number of hydrogen-bond donors (Lipinski definition) is 0. The number of rotatable bonds is 8. The number of allylic oxidation sites excluding steroid dienone is 4. The summed E-state index contributed by atoms with van der Waals surface area (Å²) >= 11 is 0. The van der Waals surface area contributed by atoms with Crippen LogP contribution in [0.1, 0.15) is 23.5 Å². The van der Waals surface area contributed by atoms with Gasteiger partial charge in [-0.1, -0.05) is 91.0 Å². The van der Waals surface area contributed by atoms with Gasteiger partial charge in [-0.05, 0) is 156 Å². The molecular weight excluding hydrogens is 1000 g/mol. The zero-order valence-electron chi connectivity index (χ0n) is 44.1. The average Bonchev–Trinajstić information content (AvgIpc) is 4.50. The van der Waals surface area contributed by atoms with Gasteiger partial charge in [0.25, 0.3) is 0 Å². The van der Waals surface area contributed by atoms with Crippen LogP contribution in [0.3, 0.4) is 0 Å². The predicted molar refractivity (Wildman–Crippen MR) is 334 cm³/mol. The lowest BCUT2D eigenvalue weighted by Gasteiger charge is -2.19. The number of para-hydroxylation sites is 2. The molecule has 8 heteroatoms. The molecule has 1 atom stereocenters. The third-order valence-electron chi connectivity index (χ3n) is 16.8. The molecule has 8 heterocycles. The quantitative estimate of drug-likeness (QED) is 0.151. The highest BCUT2D eigenvalue weighted by molar-refractivity contribution is 6.13. The fraction of sp³-hybridized carbons (Fsp3) is 0.0270. The van der Waals surface area contributed by atoms with Crippen LogP contribution in [0.4, 0.5) is 0 Å². The Balaban J connectivity index is 0.687. The maximum Gasteiger partial charge on any atom is 0.135 e. The molecule has 0 fully saturated rings. The first-order valence-corrected chi connectivity index (χ1v) is 27.7. The maximum absolute atomic E-state index is 6.56. The van der Waals surface area contributed by atoms with E-state index in [1.807, 2.05) is 49.3 Å². The van der Waals surface area contributed by atoms with Crippen LogP contribution in [-0.4, -0.2) is 29.1 Å². The molecule has 16 aromatic rings. The van der Waals surface area contributed by atoms with Crippen molar-refractivity contribution in [1.29, 1.82) is 0 Å². The lowest BCUT2D eigenvalue weighted by Crippen LogP contribution is -2.01. The lowest BCUT2D eigenvalue weighted by atomic mass is 9.85. The summed E-state index contributed by atoms with van der Waals surface area (Å²) in [7, 11) is 0. The number of benzene rings is 8. The van der Waals surface area contributed by atoms with Gasteiger partial charge in [0.15, 0.2) is 0 Å². The zero-order chi connectivity index (χ0) is 53.8. The van der Waals surface area contributed by atoms with Gasteiger partial charge in [-0.25, -0.2) is 0 Å². The summed E-state index contributed by atoms with van der Waals surface area (Å²) in [6.07, 6.45) is 22.7. The average molecular weight is 1050 g/mol. The summed E-state index contributed by atoms with van der Waals surface area (Å²) in [5, 5.41) is 9.14. The predicted octanol–water partition coefficient (Wildman–Crippen LogP) is 19.1. The third-order valence-corrected chi connectivity index (χ3v) is 16.8. The molecule has 17 rings (SSSR count). The SMILES string of the molecule is C1=CC(c2ccc3oc4ccc(-n5c6ccccc6c6cc(-c7cncc(-c8cccnc8)c7)ccc65)cc4c3c2)CC(c2ccc3oc4ccc(-n5c6ccccc6c6cc(-c7cncc(-c8cccnc8)c7)ccc65)cc4c3c2)=C1. The van der Waals surface area contributed by atoms with Crippen LogP contribution in [0.15, 0.2) is 271 Å². The van der Waals surface area contributed by atoms with Crippen molar-refractivity contribution < 1.29 is 8.83 Å². The van der Waals surface area contributed by atoms with Crippen molar-refractivity contribution in [1.82, 2.24) is 29.1 Å². The van der Waals surface area contributed by atoms with Crippen molar-refractivity contribution in [2.75, 3.05) is 0 Å². The Labute approximate surface area is 469 Å². The standard InChI is InChI=1S/C74H46N6O2/c1-3-14-67-59(12-1)61-33-49(53-31-55(43-77-41-53)51-10-6-28-75-39-51)16-22-69(61)79(67)57-20-26-73-65(37-57)63-35-47(18-24-71(63)81-73)45-8-5-9-46(30-45)48-19-25-72-64(36-48)66-38-58(21-27-74(66)82-72)80-68-15-4-2-13-60(68)62-34-50(17-23-70(62)80)54-32-56(44-78-42-54)52-11-7-29-76-40-52/h1-29,31-45H,30H2. The van der Waals surface area contributed by atoms with Crippen molar-refractivity contribution in [3.63, 3.8) is 0 Å². The van der Waals surface area contributed by atoms with Gasteiger partial charge >= 0.3 is 0 Å². The van der Waals surface area contributed by atoms with E-state index in [4.69, 9.17) is 8.83 Å². The summed E-state index contributed by atoms with van der Waals surface area (Å²) in [5.41, 5.74) is 22.4. The second-order valence-corrected chi connectivity index (χ2v) is 21.5. The molecule has 8 aromatic carbocycles. The largest absolute Gasteiger partial charge is 0.456 e. The lowest BCUT2D eigenvalue weighted by molar-refractivity contribution is 0.668. The van der Waals surface area contributed by atoms with Crippen molar-refractivity contribution >= 4 is 93.1 Å². The molecule has 1 aliphatic rings. The van der Waals surface area contributed by atoms with Crippen LogP contribution < -0.4 is 0 Å². The minimum Gasteiger partial charge on any atom is -0.456 e. The van der Waals surface area contributed by atoms with Crippen molar-refractivity contribution in [2.24, 2.45) is 0 Å². The Morgan fingerprint density at radius 2 is 0.780 bits per heavy atom. The molecule has 0 N–H and O–H groups in total. The molecule has 0 bridgehead atoms. The number of furan rings is 2. The molecular formula is C74H46N6O2. The van der Waals surface area contributed by atoms with Crippen LogP contribution in [-0.2, 0) is 0 Å². The molecule has 1 aliphatic carbocycles. The molecule has 8 aromatic heterocycles. The summed E-state index contributed by atoms with van der Waals surface area (Å²) in [5.74, 6) is 0.171. The first kappa shape index (κ1) is 46.0. The van der Waals surface area contributed by atoms with E-state index >= 15 is 0 Å². The van der Waals surface area contributed by atoms with Crippen molar-refractivity contribution in [3.05, 3.63) is 273 Å². The van der Waals surface area contributed by atoms with Crippen molar-refractivity contribution in [2.45, 2.75) is 12.3 Å². The van der Waals surface area contributed by atoms with Gasteiger partial charge in [0, 0.05) is 143 Å². The summed E-state index contributed by atoms with van der Waals surface area (Å²) in [4.78, 5) is 17.9. The van der Waals surface area contributed by atoms with E-state index in [9.17, 15) is 0 Å². The monoisotopic (exact) mass is 1050 g/mol. The zero-order valence-corrected chi connectivity index (χ0v) is 44.1. The van der Waals surface area contributed by atoms with E-state index in [2.05, 4.69) is 229 Å². The fourth-order valence-corrected chi connectivity index (χ4v) is 12.8. The van der Waals surface area contributed by atoms with Crippen LogP contribution in [0.25, 0.3) is 149 Å². The van der Waals surface area contributed by atoms with Gasteiger partial charge in [0.2, 0.25) is 0 Å². The van der Waals surface area contributed by atoms with E-state index in [0.717, 1.165) is 128 Å². The van der Waals surface area contributed by atoms with Gasteiger partial charge in [-0.3, -0.25) is 19.9 Å². The molecule has 0 saturated carbocycles. The summed E-state index contributed by atoms with van der Waals surface area (Å²) in [6, 6.07) is 69.9. The van der Waals surface area contributed by atoms with E-state index in [1.165, 1.54) is 38.2 Å². The maximum atomic E-state index is 6.56. The fourth-order valence-electron chi connectivity index (χ4n) is 12.8. The molecule has 8 nitrogen and oxygen atoms in total. The summed E-state index contributed by atoms with van der Waals surface area (Å²) < 4.78 is 17.9. The van der Waals surface area contributed by atoms with Crippen LogP contribution in [0.5, 0.6) is 0 Å². The van der Waals surface area contributed by atoms with Crippen LogP contribution in [0.2, 0.25) is 0 Å². The third kappa shape index (κ3) is 7.46. The Bertz CT molecular complexity index is 5330. The van der Waals surface area contributed by atoms with Crippen LogP contribution >= 0.6 is 0 Å². The van der Waals surface area contributed by atoms with Crippen molar-refractivity contribution in [3.8, 4) is 55.9 Å². The number of pyridine rings is 4. The van der Waals surface area contributed by atoms with Gasteiger partial charge in [-0.2, -0.15) is 0 Å². The number of nitrogens with zero attached hydrogens (tertiary/aromatic N) is 6. The summed E-state index contributed by atoms with van der Waals surface area (Å²) in [6.45, 7) is 0.